The number of anilines is 2. The number of carbonyl (C=O) groups is 2. The molecule has 3 amide bonds. The highest BCUT2D eigenvalue weighted by Gasteiger charge is 2.30. The monoisotopic (exact) mass is 419 g/mol. The van der Waals surface area contributed by atoms with E-state index in [-0.39, 0.29) is 14.8 Å². The van der Waals surface area contributed by atoms with Gasteiger partial charge in [-0.2, -0.15) is 0 Å². The van der Waals surface area contributed by atoms with Crippen molar-refractivity contribution in [3.8, 4) is 0 Å². The fourth-order valence-corrected chi connectivity index (χ4v) is 3.73. The van der Waals surface area contributed by atoms with Gasteiger partial charge < -0.3 is 10.2 Å². The highest BCUT2D eigenvalue weighted by Crippen LogP contribution is 2.28. The molecule has 1 aliphatic rings. The van der Waals surface area contributed by atoms with Crippen LogP contribution in [0.5, 0.6) is 0 Å². The molecule has 1 aliphatic heterocycles. The molecule has 0 radical (unpaired) electrons. The topological polar surface area (TPSA) is 87.2 Å². The van der Waals surface area contributed by atoms with Gasteiger partial charge in [0, 0.05) is 40.0 Å². The second-order valence-corrected chi connectivity index (χ2v) is 7.63. The van der Waals surface area contributed by atoms with Crippen molar-refractivity contribution in [1.29, 1.82) is 0 Å². The average Bonchev–Trinajstić information content (AvgIpc) is 3.18. The highest BCUT2D eigenvalue weighted by atomic mass is 16.2. The first kappa shape index (κ1) is 20.5. The summed E-state index contributed by atoms with van der Waals surface area (Å²) in [6.07, 6.45) is 5.77. The molecule has 1 saturated heterocycles. The Morgan fingerprint density at radius 1 is 1.06 bits per heavy atom. The maximum Gasteiger partial charge on any atom is 0.320 e. The molecule has 162 valence electrons. The zero-order valence-electron chi connectivity index (χ0n) is 17.2. The highest BCUT2D eigenvalue weighted by molar-refractivity contribution is 5.96. The second-order valence-electron chi connectivity index (χ2n) is 7.63. The lowest BCUT2D eigenvalue weighted by molar-refractivity contribution is -0.117. The molecule has 7 nitrogen and oxygen atoms in total. The summed E-state index contributed by atoms with van der Waals surface area (Å²) >= 11 is 0. The number of nitrogens with one attached hydrogen (secondary N) is 2. The molecule has 1 unspecified atom stereocenters. The van der Waals surface area contributed by atoms with Crippen LogP contribution in [0, 0.1) is 5.92 Å². The van der Waals surface area contributed by atoms with Crippen molar-refractivity contribution in [3.05, 3.63) is 84.3 Å². The molecule has 31 heavy (non-hydrogen) atoms. The summed E-state index contributed by atoms with van der Waals surface area (Å²) in [6, 6.07) is 19.0. The molecule has 1 aromatic carbocycles. The summed E-state index contributed by atoms with van der Waals surface area (Å²) in [5, 5.41) is 5.47. The number of urea groups is 1. The van der Waals surface area contributed by atoms with E-state index in [9.17, 15) is 9.59 Å². The van der Waals surface area contributed by atoms with Crippen molar-refractivity contribution >= 4 is 23.4 Å². The number of pyridine rings is 2. The largest absolute Gasteiger partial charge is 0.332 e. The molecule has 7 heteroatoms. The fraction of sp³-hybridized carbons (Fsp3) is 0.250. The van der Waals surface area contributed by atoms with E-state index in [1.165, 1.54) is 5.56 Å². The Bertz CT molecular complexity index is 1040. The van der Waals surface area contributed by atoms with Crippen LogP contribution in [0.15, 0.2) is 73.1 Å². The number of hydrogen-bond acceptors (Lipinski definition) is 4. The molecule has 0 saturated carbocycles. The first-order valence-corrected chi connectivity index (χ1v) is 10.4. The molecule has 2 N–H and O–H groups in total. The standard InChI is InChI=1S/C24H25N5O2.2H2/c30-23-14-19(10-9-18-6-2-1-3-7-18)17-29(23)21-11-13-26-22(15-21)28-24(31)27-16-20-8-4-5-12-25-20;;/h1-8,11-13,15,19H,9-10,14,16-17H2,(H2,26,27,28,31);2*1H. The number of aryl methyl sites for hydroxylation is 1. The molecule has 2 aromatic heterocycles. The van der Waals surface area contributed by atoms with Gasteiger partial charge in [-0.05, 0) is 42.5 Å². The lowest BCUT2D eigenvalue weighted by atomic mass is 9.99. The molecular weight excluding hydrogens is 390 g/mol. The minimum Gasteiger partial charge on any atom is -0.332 e. The first-order valence-electron chi connectivity index (χ1n) is 10.4. The summed E-state index contributed by atoms with van der Waals surface area (Å²) in [7, 11) is 0. The van der Waals surface area contributed by atoms with E-state index >= 15 is 0 Å². The quantitative estimate of drug-likeness (QED) is 0.598. The van der Waals surface area contributed by atoms with Gasteiger partial charge in [0.25, 0.3) is 0 Å². The van der Waals surface area contributed by atoms with Crippen LogP contribution in [0.2, 0.25) is 0 Å². The van der Waals surface area contributed by atoms with Gasteiger partial charge in [-0.3, -0.25) is 15.1 Å². The van der Waals surface area contributed by atoms with Crippen LogP contribution in [0.4, 0.5) is 16.3 Å². The predicted octanol–water partition coefficient (Wildman–Crippen LogP) is 4.28. The lowest BCUT2D eigenvalue weighted by Crippen LogP contribution is -2.29. The van der Waals surface area contributed by atoms with Crippen LogP contribution in [0.1, 0.15) is 27.0 Å². The third kappa shape index (κ3) is 5.66. The molecular formula is C24H29N5O2. The van der Waals surface area contributed by atoms with Gasteiger partial charge in [-0.1, -0.05) is 36.4 Å². The van der Waals surface area contributed by atoms with E-state index in [0.29, 0.717) is 31.2 Å². The molecule has 3 heterocycles. The van der Waals surface area contributed by atoms with E-state index in [1.807, 2.05) is 36.4 Å². The van der Waals surface area contributed by atoms with Gasteiger partial charge in [-0.25, -0.2) is 9.78 Å². The van der Waals surface area contributed by atoms with Crippen molar-refractivity contribution in [2.75, 3.05) is 16.8 Å². The van der Waals surface area contributed by atoms with Crippen molar-refractivity contribution < 1.29 is 12.4 Å². The van der Waals surface area contributed by atoms with Crippen LogP contribution in [0.25, 0.3) is 0 Å². The van der Waals surface area contributed by atoms with Crippen LogP contribution >= 0.6 is 0 Å². The zero-order chi connectivity index (χ0) is 21.5. The van der Waals surface area contributed by atoms with Crippen LogP contribution in [-0.4, -0.2) is 28.5 Å². The molecule has 0 aliphatic carbocycles. The van der Waals surface area contributed by atoms with Crippen LogP contribution in [0.3, 0.4) is 0 Å². The number of benzene rings is 1. The summed E-state index contributed by atoms with van der Waals surface area (Å²) in [4.78, 5) is 34.9. The Morgan fingerprint density at radius 2 is 1.90 bits per heavy atom. The van der Waals surface area contributed by atoms with Gasteiger partial charge in [0.2, 0.25) is 5.91 Å². The maximum atomic E-state index is 12.6. The van der Waals surface area contributed by atoms with Crippen molar-refractivity contribution in [2.24, 2.45) is 5.92 Å². The normalized spacial score (nSPS) is 15.7. The Hall–Kier alpha value is -3.74. The Balaban J connectivity index is 0.00000193. The Kier molecular flexibility index (Phi) is 6.52. The summed E-state index contributed by atoms with van der Waals surface area (Å²) in [5.74, 6) is 0.824. The molecule has 0 bridgehead atoms. The molecule has 1 fully saturated rings. The number of carbonyl (C=O) groups excluding carboxylic acids is 2. The third-order valence-electron chi connectivity index (χ3n) is 5.34. The van der Waals surface area contributed by atoms with E-state index in [0.717, 1.165) is 24.2 Å². The van der Waals surface area contributed by atoms with Gasteiger partial charge in [0.15, 0.2) is 0 Å². The van der Waals surface area contributed by atoms with Gasteiger partial charge in [0.05, 0.1) is 12.2 Å². The number of amides is 3. The minimum absolute atomic E-state index is 0. The zero-order valence-corrected chi connectivity index (χ0v) is 17.2. The van der Waals surface area contributed by atoms with Crippen molar-refractivity contribution in [1.82, 2.24) is 15.3 Å². The lowest BCUT2D eigenvalue weighted by Gasteiger charge is -2.17. The number of nitrogens with zero attached hydrogens (tertiary/aromatic N) is 3. The Labute approximate surface area is 184 Å². The molecule has 3 aromatic rings. The van der Waals surface area contributed by atoms with E-state index in [1.54, 1.807) is 29.4 Å². The van der Waals surface area contributed by atoms with Gasteiger partial charge in [-0.15, -0.1) is 0 Å². The number of rotatable bonds is 7. The van der Waals surface area contributed by atoms with E-state index in [2.05, 4.69) is 32.7 Å². The average molecular weight is 420 g/mol. The number of aromatic nitrogens is 2. The summed E-state index contributed by atoms with van der Waals surface area (Å²) in [5.41, 5.74) is 2.81. The number of hydrogen-bond donors (Lipinski definition) is 2. The van der Waals surface area contributed by atoms with Gasteiger partial charge >= 0.3 is 6.03 Å². The van der Waals surface area contributed by atoms with Crippen molar-refractivity contribution in [3.63, 3.8) is 0 Å². The third-order valence-corrected chi connectivity index (χ3v) is 5.34. The van der Waals surface area contributed by atoms with Crippen LogP contribution < -0.4 is 15.5 Å². The second kappa shape index (κ2) is 9.84. The minimum atomic E-state index is -0.371. The van der Waals surface area contributed by atoms with Gasteiger partial charge in [0.1, 0.15) is 5.82 Å². The maximum absolute atomic E-state index is 12.6. The predicted molar refractivity (Wildman–Crippen MR) is 124 cm³/mol. The van der Waals surface area contributed by atoms with Crippen LogP contribution in [-0.2, 0) is 17.8 Å². The fourth-order valence-electron chi connectivity index (χ4n) is 3.73. The SMILES string of the molecule is O=C(NCc1ccccn1)Nc1cc(N2CC(CCc3ccccc3)CC2=O)ccn1.[HH].[HH]. The van der Waals surface area contributed by atoms with Crippen molar-refractivity contribution in [2.45, 2.75) is 25.8 Å². The van der Waals surface area contributed by atoms with E-state index < -0.39 is 0 Å². The molecule has 4 rings (SSSR count). The first-order chi connectivity index (χ1) is 15.2. The Morgan fingerprint density at radius 3 is 2.71 bits per heavy atom. The molecule has 1 atom stereocenters. The summed E-state index contributed by atoms with van der Waals surface area (Å²) in [6.45, 7) is 1.00. The molecule has 0 spiro atoms. The van der Waals surface area contributed by atoms with E-state index in [4.69, 9.17) is 0 Å². The smallest absolute Gasteiger partial charge is 0.320 e. The summed E-state index contributed by atoms with van der Waals surface area (Å²) < 4.78 is 0.